The van der Waals surface area contributed by atoms with E-state index in [1.807, 2.05) is 31.2 Å². The van der Waals surface area contributed by atoms with Gasteiger partial charge >= 0.3 is 5.97 Å². The number of hydrogen-bond acceptors (Lipinski definition) is 5. The number of ether oxygens (including phenoxy) is 3. The van der Waals surface area contributed by atoms with Crippen LogP contribution in [0, 0.1) is 5.41 Å². The fourth-order valence-electron chi connectivity index (χ4n) is 3.12. The lowest BCUT2D eigenvalue weighted by Gasteiger charge is -2.23. The van der Waals surface area contributed by atoms with E-state index in [9.17, 15) is 14.7 Å². The molecule has 0 spiro atoms. The SMILES string of the molecule is CCOc1ccccc1OCCCC(=O)N1CCC(COC)(C(=O)O)C1. The van der Waals surface area contributed by atoms with Crippen molar-refractivity contribution in [1.29, 1.82) is 0 Å². The van der Waals surface area contributed by atoms with Crippen LogP contribution in [-0.2, 0) is 14.3 Å². The topological polar surface area (TPSA) is 85.3 Å². The molecule has 7 heteroatoms. The zero-order valence-corrected chi connectivity index (χ0v) is 15.4. The summed E-state index contributed by atoms with van der Waals surface area (Å²) in [6.45, 7) is 3.62. The number of hydrogen-bond donors (Lipinski definition) is 1. The van der Waals surface area contributed by atoms with Crippen LogP contribution >= 0.6 is 0 Å². The molecular weight excluding hydrogens is 338 g/mol. The molecule has 144 valence electrons. The first-order valence-corrected chi connectivity index (χ1v) is 8.87. The Hall–Kier alpha value is -2.28. The number of benzene rings is 1. The van der Waals surface area contributed by atoms with E-state index in [0.29, 0.717) is 50.5 Å². The fraction of sp³-hybridized carbons (Fsp3) is 0.579. The summed E-state index contributed by atoms with van der Waals surface area (Å²) in [6.07, 6.45) is 1.29. The minimum atomic E-state index is -0.989. The van der Waals surface area contributed by atoms with Gasteiger partial charge in [-0.15, -0.1) is 0 Å². The molecule has 1 aromatic rings. The number of likely N-dealkylation sites (tertiary alicyclic amines) is 1. The second-order valence-corrected chi connectivity index (χ2v) is 6.42. The Bertz CT molecular complexity index is 620. The van der Waals surface area contributed by atoms with Gasteiger partial charge < -0.3 is 24.2 Å². The van der Waals surface area contributed by atoms with Crippen LogP contribution in [0.25, 0.3) is 0 Å². The molecular formula is C19H27NO6. The first-order chi connectivity index (χ1) is 12.5. The second-order valence-electron chi connectivity index (χ2n) is 6.42. The normalized spacial score (nSPS) is 19.4. The van der Waals surface area contributed by atoms with E-state index < -0.39 is 11.4 Å². The van der Waals surface area contributed by atoms with Crippen molar-refractivity contribution in [2.75, 3.05) is 40.0 Å². The lowest BCUT2D eigenvalue weighted by Crippen LogP contribution is -2.40. The summed E-state index contributed by atoms with van der Waals surface area (Å²) in [5, 5.41) is 9.45. The van der Waals surface area contributed by atoms with Gasteiger partial charge in [-0.1, -0.05) is 12.1 Å². The Balaban J connectivity index is 1.79. The minimum Gasteiger partial charge on any atom is -0.490 e. The van der Waals surface area contributed by atoms with Crippen molar-refractivity contribution in [2.24, 2.45) is 5.41 Å². The largest absolute Gasteiger partial charge is 0.490 e. The molecule has 1 heterocycles. The highest BCUT2D eigenvalue weighted by atomic mass is 16.5. The van der Waals surface area contributed by atoms with Crippen LogP contribution in [0.1, 0.15) is 26.2 Å². The van der Waals surface area contributed by atoms with Gasteiger partial charge in [0.05, 0.1) is 19.8 Å². The van der Waals surface area contributed by atoms with Crippen molar-refractivity contribution >= 4 is 11.9 Å². The summed E-state index contributed by atoms with van der Waals surface area (Å²) in [5.41, 5.74) is -0.989. The zero-order chi connectivity index (χ0) is 19.0. The predicted molar refractivity (Wildman–Crippen MR) is 95.5 cm³/mol. The molecule has 1 atom stereocenters. The summed E-state index contributed by atoms with van der Waals surface area (Å²) in [4.78, 5) is 25.5. The van der Waals surface area contributed by atoms with Crippen LogP contribution in [0.2, 0.25) is 0 Å². The number of nitrogens with zero attached hydrogens (tertiary/aromatic N) is 1. The third-order valence-electron chi connectivity index (χ3n) is 4.52. The van der Waals surface area contributed by atoms with Crippen LogP contribution in [0.15, 0.2) is 24.3 Å². The number of carboxylic acids is 1. The smallest absolute Gasteiger partial charge is 0.313 e. The predicted octanol–water partition coefficient (Wildman–Crippen LogP) is 2.19. The Labute approximate surface area is 153 Å². The van der Waals surface area contributed by atoms with Crippen molar-refractivity contribution in [3.05, 3.63) is 24.3 Å². The van der Waals surface area contributed by atoms with Crippen LogP contribution in [0.4, 0.5) is 0 Å². The van der Waals surface area contributed by atoms with E-state index >= 15 is 0 Å². The van der Waals surface area contributed by atoms with Gasteiger partial charge in [-0.25, -0.2) is 0 Å². The molecule has 1 aromatic carbocycles. The first-order valence-electron chi connectivity index (χ1n) is 8.87. The zero-order valence-electron chi connectivity index (χ0n) is 15.4. The number of aliphatic carboxylic acids is 1. The summed E-state index contributed by atoms with van der Waals surface area (Å²) in [5.74, 6) is 0.385. The summed E-state index contributed by atoms with van der Waals surface area (Å²) >= 11 is 0. The summed E-state index contributed by atoms with van der Waals surface area (Å²) in [6, 6.07) is 7.42. The molecule has 7 nitrogen and oxygen atoms in total. The molecule has 2 rings (SSSR count). The van der Waals surface area contributed by atoms with Crippen LogP contribution in [-0.4, -0.2) is 61.9 Å². The molecule has 26 heavy (non-hydrogen) atoms. The van der Waals surface area contributed by atoms with E-state index in [4.69, 9.17) is 14.2 Å². The van der Waals surface area contributed by atoms with E-state index in [1.54, 1.807) is 4.90 Å². The van der Waals surface area contributed by atoms with Crippen molar-refractivity contribution in [3.63, 3.8) is 0 Å². The van der Waals surface area contributed by atoms with Crippen LogP contribution < -0.4 is 9.47 Å². The van der Waals surface area contributed by atoms with Gasteiger partial charge in [0, 0.05) is 26.6 Å². The molecule has 1 unspecified atom stereocenters. The van der Waals surface area contributed by atoms with Gasteiger partial charge in [-0.2, -0.15) is 0 Å². The van der Waals surface area contributed by atoms with E-state index in [2.05, 4.69) is 0 Å². The molecule has 1 aliphatic heterocycles. The van der Waals surface area contributed by atoms with E-state index in [1.165, 1.54) is 7.11 Å². The molecule has 1 amide bonds. The first kappa shape index (κ1) is 20.0. The lowest BCUT2D eigenvalue weighted by molar-refractivity contribution is -0.151. The van der Waals surface area contributed by atoms with Crippen LogP contribution in [0.5, 0.6) is 11.5 Å². The maximum absolute atomic E-state index is 12.4. The molecule has 0 bridgehead atoms. The van der Waals surface area contributed by atoms with Crippen molar-refractivity contribution < 1.29 is 28.9 Å². The van der Waals surface area contributed by atoms with E-state index in [-0.39, 0.29) is 19.1 Å². The standard InChI is InChI=1S/C19H27NO6/c1-3-25-15-7-4-5-8-16(15)26-12-6-9-17(21)20-11-10-19(13-20,14-24-2)18(22)23/h4-5,7-8H,3,6,9-14H2,1-2H3,(H,22,23). The second kappa shape index (κ2) is 9.43. The molecule has 0 aromatic heterocycles. The third-order valence-corrected chi connectivity index (χ3v) is 4.52. The van der Waals surface area contributed by atoms with Crippen molar-refractivity contribution in [1.82, 2.24) is 4.90 Å². The Kier molecular flexibility index (Phi) is 7.26. The number of carboxylic acid groups (broad SMARTS) is 1. The van der Waals surface area contributed by atoms with Crippen molar-refractivity contribution in [3.8, 4) is 11.5 Å². The quantitative estimate of drug-likeness (QED) is 0.640. The van der Waals surface area contributed by atoms with Gasteiger partial charge in [0.25, 0.3) is 0 Å². The van der Waals surface area contributed by atoms with Crippen molar-refractivity contribution in [2.45, 2.75) is 26.2 Å². The lowest BCUT2D eigenvalue weighted by atomic mass is 9.88. The molecule has 1 fully saturated rings. The number of amides is 1. The van der Waals surface area contributed by atoms with Gasteiger partial charge in [0.1, 0.15) is 5.41 Å². The average molecular weight is 365 g/mol. The third kappa shape index (κ3) is 4.88. The highest BCUT2D eigenvalue weighted by Gasteiger charge is 2.46. The number of carbonyl (C=O) groups excluding carboxylic acids is 1. The highest BCUT2D eigenvalue weighted by molar-refractivity contribution is 5.80. The molecule has 1 saturated heterocycles. The van der Waals surface area contributed by atoms with Crippen LogP contribution in [0.3, 0.4) is 0 Å². The summed E-state index contributed by atoms with van der Waals surface area (Å²) in [7, 11) is 1.48. The number of rotatable bonds is 10. The van der Waals surface area contributed by atoms with Gasteiger partial charge in [0.15, 0.2) is 11.5 Å². The molecule has 0 aliphatic carbocycles. The Morgan fingerprint density at radius 1 is 1.23 bits per heavy atom. The maximum Gasteiger partial charge on any atom is 0.313 e. The number of para-hydroxylation sites is 2. The molecule has 1 N–H and O–H groups in total. The Morgan fingerprint density at radius 3 is 2.54 bits per heavy atom. The summed E-state index contributed by atoms with van der Waals surface area (Å²) < 4.78 is 16.3. The van der Waals surface area contributed by atoms with Gasteiger partial charge in [-0.3, -0.25) is 9.59 Å². The highest BCUT2D eigenvalue weighted by Crippen LogP contribution is 2.32. The number of carbonyl (C=O) groups is 2. The number of methoxy groups -OCH3 is 1. The maximum atomic E-state index is 12.4. The van der Waals surface area contributed by atoms with Gasteiger partial charge in [-0.05, 0) is 31.9 Å². The van der Waals surface area contributed by atoms with Gasteiger partial charge in [0.2, 0.25) is 5.91 Å². The van der Waals surface area contributed by atoms with E-state index in [0.717, 1.165) is 0 Å². The Morgan fingerprint density at radius 2 is 1.92 bits per heavy atom. The minimum absolute atomic E-state index is 0.0501. The average Bonchev–Trinajstić information content (AvgIpc) is 3.06. The molecule has 0 radical (unpaired) electrons. The molecule has 1 aliphatic rings. The fourth-order valence-corrected chi connectivity index (χ4v) is 3.12. The monoisotopic (exact) mass is 365 g/mol. The molecule has 0 saturated carbocycles.